The Hall–Kier alpha value is -5.55. The van der Waals surface area contributed by atoms with Gasteiger partial charge in [-0.15, -0.1) is 10.2 Å². The number of esters is 1. The number of aliphatic hydroxyl groups is 4. The molecule has 0 unspecified atom stereocenters. The highest BCUT2D eigenvalue weighted by molar-refractivity contribution is 5.87. The number of aromatic nitrogens is 6. The van der Waals surface area contributed by atoms with Gasteiger partial charge in [0.25, 0.3) is 0 Å². The van der Waals surface area contributed by atoms with E-state index in [1.807, 2.05) is 81.5 Å². The van der Waals surface area contributed by atoms with E-state index < -0.39 is 42.0 Å². The first-order valence-electron chi connectivity index (χ1n) is 21.8. The lowest BCUT2D eigenvalue weighted by Crippen LogP contribution is -2.43. The molecule has 0 saturated carbocycles. The number of ether oxygens (including phenoxy) is 1. The maximum Gasteiger partial charge on any atom is 0.354 e. The lowest BCUT2D eigenvalue weighted by molar-refractivity contribution is -0.159. The fraction of sp³-hybridized carbons (Fsp3) is 0.511. The van der Waals surface area contributed by atoms with Crippen molar-refractivity contribution in [1.82, 2.24) is 30.2 Å². The predicted molar refractivity (Wildman–Crippen MR) is 234 cm³/mol. The van der Waals surface area contributed by atoms with Crippen LogP contribution in [0.1, 0.15) is 114 Å². The van der Waals surface area contributed by atoms with Crippen LogP contribution in [0.3, 0.4) is 0 Å². The number of carbonyl (C=O) groups excluding carboxylic acids is 1. The van der Waals surface area contributed by atoms with Gasteiger partial charge in [0.15, 0.2) is 5.69 Å². The van der Waals surface area contributed by atoms with Gasteiger partial charge in [-0.2, -0.15) is 5.21 Å². The van der Waals surface area contributed by atoms with Crippen molar-refractivity contribution in [2.45, 2.75) is 129 Å². The molecular weight excluding hydrogens is 809 g/mol. The summed E-state index contributed by atoms with van der Waals surface area (Å²) >= 11 is 0. The monoisotopic (exact) mass is 870 g/mol. The van der Waals surface area contributed by atoms with Crippen molar-refractivity contribution >= 4 is 17.9 Å². The quantitative estimate of drug-likeness (QED) is 0.0559. The minimum absolute atomic E-state index is 0.0156. The molecule has 7 N–H and O–H groups in total. The lowest BCUT2D eigenvalue weighted by Gasteiger charge is -2.43. The molecule has 0 amide bonds. The van der Waals surface area contributed by atoms with E-state index in [0.29, 0.717) is 50.3 Å². The van der Waals surface area contributed by atoms with Crippen LogP contribution in [0.5, 0.6) is 0 Å². The molecule has 6 rings (SSSR count). The van der Waals surface area contributed by atoms with Gasteiger partial charge < -0.3 is 39.9 Å². The highest BCUT2D eigenvalue weighted by Gasteiger charge is 2.42. The number of aliphatic hydroxyl groups excluding tert-OH is 3. The van der Waals surface area contributed by atoms with E-state index in [9.17, 15) is 39.9 Å². The molecule has 16 nitrogen and oxygen atoms in total. The molecular formula is C47H62N6O10. The summed E-state index contributed by atoms with van der Waals surface area (Å²) in [4.78, 5) is 39.7. The summed E-state index contributed by atoms with van der Waals surface area (Å²) in [6, 6.07) is 15.7. The van der Waals surface area contributed by atoms with Gasteiger partial charge in [-0.1, -0.05) is 94.5 Å². The molecule has 2 aromatic carbocycles. The van der Waals surface area contributed by atoms with Crippen LogP contribution in [-0.4, -0.2) is 103 Å². The molecule has 0 fully saturated rings. The molecule has 0 aliphatic heterocycles. The Morgan fingerprint density at radius 2 is 1.71 bits per heavy atom. The number of allylic oxidation sites excluding steroid dienone is 2. The smallest absolute Gasteiger partial charge is 0.354 e. The zero-order valence-corrected chi connectivity index (χ0v) is 36.9. The number of aromatic amines is 1. The molecule has 340 valence electrons. The van der Waals surface area contributed by atoms with Crippen molar-refractivity contribution in [3.05, 3.63) is 95.1 Å². The molecule has 2 aliphatic carbocycles. The van der Waals surface area contributed by atoms with Crippen molar-refractivity contribution in [3.63, 3.8) is 0 Å². The van der Waals surface area contributed by atoms with E-state index in [4.69, 9.17) is 9.84 Å². The maximum atomic E-state index is 12.4. The summed E-state index contributed by atoms with van der Waals surface area (Å²) in [5.41, 5.74) is 3.55. The third-order valence-electron chi connectivity index (χ3n) is 11.9. The van der Waals surface area contributed by atoms with E-state index in [-0.39, 0.29) is 53.9 Å². The average Bonchev–Trinajstić information content (AvgIpc) is 3.90. The van der Waals surface area contributed by atoms with Crippen molar-refractivity contribution in [3.8, 4) is 22.5 Å². The van der Waals surface area contributed by atoms with Gasteiger partial charge in [-0.25, -0.2) is 9.78 Å². The topological polar surface area (TPSA) is 254 Å². The molecule has 0 bridgehead atoms. The number of carboxylic acid groups (broad SMARTS) is 2. The number of aryl methyl sites for hydroxylation is 1. The number of fused-ring (bicyclic) bond motifs is 1. The maximum absolute atomic E-state index is 12.4. The minimum atomic E-state index is -1.36. The predicted octanol–water partition coefficient (Wildman–Crippen LogP) is 6.10. The molecule has 63 heavy (non-hydrogen) atoms. The molecule has 0 saturated heterocycles. The van der Waals surface area contributed by atoms with Gasteiger partial charge in [0.1, 0.15) is 23.2 Å². The number of nitrogens with zero attached hydrogens (tertiary/aromatic N) is 5. The summed E-state index contributed by atoms with van der Waals surface area (Å²) < 4.78 is 7.53. The molecule has 0 spiro atoms. The van der Waals surface area contributed by atoms with Crippen molar-refractivity contribution in [2.24, 2.45) is 23.7 Å². The molecule has 4 aromatic rings. The molecule has 0 radical (unpaired) electrons. The normalized spacial score (nSPS) is 21.0. The zero-order valence-electron chi connectivity index (χ0n) is 36.9. The Bertz CT molecular complexity index is 2210. The van der Waals surface area contributed by atoms with E-state index in [1.54, 1.807) is 18.4 Å². The summed E-state index contributed by atoms with van der Waals surface area (Å²) in [6.07, 6.45) is 6.07. The van der Waals surface area contributed by atoms with Crippen LogP contribution in [-0.2, 0) is 32.9 Å². The number of H-pyrrole nitrogens is 1. The van der Waals surface area contributed by atoms with Gasteiger partial charge in [-0.3, -0.25) is 9.59 Å². The second kappa shape index (κ2) is 21.7. The van der Waals surface area contributed by atoms with E-state index in [2.05, 4.69) is 38.6 Å². The largest absolute Gasteiger partial charge is 0.481 e. The first-order chi connectivity index (χ1) is 29.9. The number of aliphatic carboxylic acids is 1. The van der Waals surface area contributed by atoms with Crippen LogP contribution in [0.2, 0.25) is 0 Å². The Morgan fingerprint density at radius 3 is 2.32 bits per heavy atom. The molecule has 2 heterocycles. The number of carboxylic acids is 2. The minimum Gasteiger partial charge on any atom is -0.481 e. The van der Waals surface area contributed by atoms with Crippen LogP contribution in [0.4, 0.5) is 0 Å². The number of carbonyl (C=O) groups is 3. The highest BCUT2D eigenvalue weighted by atomic mass is 16.5. The van der Waals surface area contributed by atoms with Gasteiger partial charge >= 0.3 is 17.9 Å². The number of hydrogen-bond donors (Lipinski definition) is 7. The summed E-state index contributed by atoms with van der Waals surface area (Å²) in [5.74, 6) is -1.25. The number of hydrogen-bond acceptors (Lipinski definition) is 12. The Morgan fingerprint density at radius 1 is 1.02 bits per heavy atom. The molecule has 2 aliphatic rings. The number of benzene rings is 2. The third kappa shape index (κ3) is 12.6. The van der Waals surface area contributed by atoms with Gasteiger partial charge in [-0.05, 0) is 85.3 Å². The zero-order chi connectivity index (χ0) is 46.0. The molecule has 8 atom stereocenters. The SMILES string of the molecule is CCCc1nc(C(C)(C)O)c(C(=O)O)n1Cc1ccc(-c2ccccc2-c2nn[nH]n2)cc1.CC[C@H](C)C(=O)O[C@H]1C[C@H](O)C=C2C=C[C@H](C)[C@H](CC[C@@H](O)C[C@@H](O)CC(=O)O)[C@H]21. The van der Waals surface area contributed by atoms with E-state index in [1.165, 1.54) is 0 Å². The Balaban J connectivity index is 0.000000239. The number of tetrazole rings is 1. The van der Waals surface area contributed by atoms with Crippen LogP contribution < -0.4 is 0 Å². The lowest BCUT2D eigenvalue weighted by atomic mass is 9.66. The summed E-state index contributed by atoms with van der Waals surface area (Å²) in [5, 5.41) is 73.8. The molecule has 2 aromatic heterocycles. The first kappa shape index (κ1) is 48.5. The van der Waals surface area contributed by atoms with Crippen molar-refractivity contribution in [2.75, 3.05) is 0 Å². The van der Waals surface area contributed by atoms with E-state index in [0.717, 1.165) is 34.2 Å². The first-order valence-corrected chi connectivity index (χ1v) is 21.8. The van der Waals surface area contributed by atoms with Crippen LogP contribution in [0.25, 0.3) is 22.5 Å². The average molecular weight is 871 g/mol. The number of nitrogens with one attached hydrogen (secondary N) is 1. The summed E-state index contributed by atoms with van der Waals surface area (Å²) in [7, 11) is 0. The number of imidazole rings is 1. The number of aromatic carboxylic acids is 1. The van der Waals surface area contributed by atoms with Crippen molar-refractivity contribution < 1.29 is 49.8 Å². The van der Waals surface area contributed by atoms with Crippen LogP contribution >= 0.6 is 0 Å². The van der Waals surface area contributed by atoms with E-state index >= 15 is 0 Å². The number of rotatable bonds is 18. The standard InChI is InChI=1S/C24H26N6O3.C23H36O7/c1-4-7-19-25-21(24(2,3)33)20(23(31)32)30(19)14-15-10-12-16(13-11-15)17-8-5-6-9-18(17)22-26-28-29-27-22;1-4-13(2)23(29)30-20-11-17(25)9-15-6-5-14(3)19(22(15)20)8-7-16(24)10-18(26)12-21(27)28/h5-6,8-13,33H,4,7,14H2,1-3H3,(H,31,32)(H,26,27,28,29);5-6,9,13-14,16-20,22,24-26H,4,7-8,10-12H2,1-3H3,(H,27,28)/t;13-,14-,16+,17+,18+,19-,20-,22-/m.0/s1. The van der Waals surface area contributed by atoms with Gasteiger partial charge in [0.05, 0.1) is 30.7 Å². The van der Waals surface area contributed by atoms with Gasteiger partial charge in [0.2, 0.25) is 5.82 Å². The fourth-order valence-corrected chi connectivity index (χ4v) is 8.43. The third-order valence-corrected chi connectivity index (χ3v) is 11.9. The Labute approximate surface area is 367 Å². The van der Waals surface area contributed by atoms with Crippen molar-refractivity contribution in [1.29, 1.82) is 0 Å². The molecule has 16 heteroatoms. The van der Waals surface area contributed by atoms with Crippen LogP contribution in [0.15, 0.2) is 72.3 Å². The fourth-order valence-electron chi connectivity index (χ4n) is 8.43. The summed E-state index contributed by atoms with van der Waals surface area (Å²) in [6.45, 7) is 11.3. The second-order valence-corrected chi connectivity index (χ2v) is 17.3. The Kier molecular flexibility index (Phi) is 16.7. The second-order valence-electron chi connectivity index (χ2n) is 17.3. The van der Waals surface area contributed by atoms with Gasteiger partial charge in [0, 0.05) is 30.9 Å². The van der Waals surface area contributed by atoms with Crippen LogP contribution in [0, 0.1) is 23.7 Å². The highest BCUT2D eigenvalue weighted by Crippen LogP contribution is 2.44.